The van der Waals surface area contributed by atoms with Gasteiger partial charge in [-0.3, -0.25) is 0 Å². The van der Waals surface area contributed by atoms with E-state index < -0.39 is 0 Å². The molecule has 3 N–H and O–H groups in total. The van der Waals surface area contributed by atoms with Gasteiger partial charge in [0, 0.05) is 6.54 Å². The number of aromatic nitrogens is 1. The minimum atomic E-state index is 0.419. The first-order valence-corrected chi connectivity index (χ1v) is 7.04. The molecule has 0 radical (unpaired) electrons. The van der Waals surface area contributed by atoms with Crippen molar-refractivity contribution in [3.8, 4) is 5.75 Å². The van der Waals surface area contributed by atoms with E-state index in [-0.39, 0.29) is 0 Å². The largest absolute Gasteiger partial charge is 0.487 e. The average Bonchev–Trinajstić information content (AvgIpc) is 2.87. The molecule has 1 heterocycles. The number of anilines is 2. The highest BCUT2D eigenvalue weighted by Crippen LogP contribution is 2.40. The lowest BCUT2D eigenvalue weighted by Gasteiger charge is -2.23. The summed E-state index contributed by atoms with van der Waals surface area (Å²) in [7, 11) is 0. The first-order chi connectivity index (χ1) is 8.14. The Hall–Kier alpha value is -0.970. The SMILES string of the molecule is CCOc1c(N)nsc1NCC1(C)CCCC1. The Kier molecular flexibility index (Phi) is 3.76. The number of hydrogen-bond donors (Lipinski definition) is 2. The first-order valence-electron chi connectivity index (χ1n) is 6.26. The standard InChI is InChI=1S/C12H21N3OS/c1-3-16-9-10(13)15-17-11(9)14-8-12(2)6-4-5-7-12/h14H,3-8H2,1-2H3,(H2,13,15). The molecule has 4 nitrogen and oxygen atoms in total. The zero-order chi connectivity index (χ0) is 12.3. The fraction of sp³-hybridized carbons (Fsp3) is 0.750. The lowest BCUT2D eigenvalue weighted by Crippen LogP contribution is -2.22. The number of rotatable bonds is 5. The highest BCUT2D eigenvalue weighted by molar-refractivity contribution is 7.11. The molecule has 1 fully saturated rings. The summed E-state index contributed by atoms with van der Waals surface area (Å²) < 4.78 is 9.65. The molecule has 0 saturated heterocycles. The Morgan fingerprint density at radius 3 is 2.82 bits per heavy atom. The van der Waals surface area contributed by atoms with Gasteiger partial charge >= 0.3 is 0 Å². The summed E-state index contributed by atoms with van der Waals surface area (Å²) in [5, 5.41) is 4.42. The molecule has 0 amide bonds. The lowest BCUT2D eigenvalue weighted by molar-refractivity contribution is 0.341. The zero-order valence-electron chi connectivity index (χ0n) is 10.6. The van der Waals surface area contributed by atoms with Crippen molar-refractivity contribution < 1.29 is 4.74 Å². The summed E-state index contributed by atoms with van der Waals surface area (Å²) in [5.74, 6) is 1.22. The van der Waals surface area contributed by atoms with Crippen molar-refractivity contribution in [3.63, 3.8) is 0 Å². The van der Waals surface area contributed by atoms with Gasteiger partial charge in [-0.05, 0) is 36.7 Å². The van der Waals surface area contributed by atoms with Crippen LogP contribution >= 0.6 is 11.5 Å². The summed E-state index contributed by atoms with van der Waals surface area (Å²) in [6.45, 7) is 5.90. The lowest BCUT2D eigenvalue weighted by atomic mass is 9.89. The Morgan fingerprint density at radius 1 is 1.47 bits per heavy atom. The van der Waals surface area contributed by atoms with E-state index in [0.29, 0.717) is 17.8 Å². The van der Waals surface area contributed by atoms with Crippen LogP contribution in [0.15, 0.2) is 0 Å². The predicted octanol–water partition coefficient (Wildman–Crippen LogP) is 3.12. The number of nitrogens with one attached hydrogen (secondary N) is 1. The monoisotopic (exact) mass is 255 g/mol. The third kappa shape index (κ3) is 2.83. The van der Waals surface area contributed by atoms with E-state index in [0.717, 1.165) is 17.3 Å². The van der Waals surface area contributed by atoms with E-state index in [1.807, 2.05) is 6.92 Å². The fourth-order valence-corrected chi connectivity index (χ4v) is 3.05. The molecule has 0 aliphatic heterocycles. The predicted molar refractivity (Wildman–Crippen MR) is 72.8 cm³/mol. The van der Waals surface area contributed by atoms with Crippen LogP contribution in [-0.2, 0) is 0 Å². The maximum absolute atomic E-state index is 5.78. The normalized spacial score (nSPS) is 18.2. The Bertz CT molecular complexity index is 372. The highest BCUT2D eigenvalue weighted by Gasteiger charge is 2.29. The molecule has 0 unspecified atom stereocenters. The molecule has 17 heavy (non-hydrogen) atoms. The minimum absolute atomic E-state index is 0.419. The van der Waals surface area contributed by atoms with Crippen molar-refractivity contribution in [2.24, 2.45) is 5.41 Å². The van der Waals surface area contributed by atoms with Crippen LogP contribution in [0.2, 0.25) is 0 Å². The van der Waals surface area contributed by atoms with Crippen molar-refractivity contribution in [2.75, 3.05) is 24.2 Å². The van der Waals surface area contributed by atoms with E-state index in [2.05, 4.69) is 16.6 Å². The molecule has 1 aromatic heterocycles. The van der Waals surface area contributed by atoms with Crippen molar-refractivity contribution in [1.82, 2.24) is 4.37 Å². The van der Waals surface area contributed by atoms with Crippen LogP contribution in [0.1, 0.15) is 39.5 Å². The maximum atomic E-state index is 5.78. The number of nitrogen functional groups attached to an aromatic ring is 1. The van der Waals surface area contributed by atoms with Gasteiger partial charge in [0.1, 0.15) is 0 Å². The van der Waals surface area contributed by atoms with Gasteiger partial charge < -0.3 is 15.8 Å². The van der Waals surface area contributed by atoms with Gasteiger partial charge in [0.15, 0.2) is 16.6 Å². The van der Waals surface area contributed by atoms with Crippen molar-refractivity contribution in [1.29, 1.82) is 0 Å². The molecule has 0 atom stereocenters. The van der Waals surface area contributed by atoms with Gasteiger partial charge in [-0.2, -0.15) is 4.37 Å². The molecule has 96 valence electrons. The van der Waals surface area contributed by atoms with Gasteiger partial charge in [-0.15, -0.1) is 0 Å². The second-order valence-electron chi connectivity index (χ2n) is 5.03. The van der Waals surface area contributed by atoms with E-state index in [4.69, 9.17) is 10.5 Å². The van der Waals surface area contributed by atoms with Gasteiger partial charge in [0.2, 0.25) is 0 Å². The number of hydrogen-bond acceptors (Lipinski definition) is 5. The molecule has 5 heteroatoms. The zero-order valence-corrected chi connectivity index (χ0v) is 11.4. The summed E-state index contributed by atoms with van der Waals surface area (Å²) in [5.41, 5.74) is 6.20. The summed E-state index contributed by atoms with van der Waals surface area (Å²) in [6.07, 6.45) is 5.30. The maximum Gasteiger partial charge on any atom is 0.197 e. The average molecular weight is 255 g/mol. The second kappa shape index (κ2) is 5.12. The summed E-state index contributed by atoms with van der Waals surface area (Å²) in [4.78, 5) is 0. The second-order valence-corrected chi connectivity index (χ2v) is 5.80. The van der Waals surface area contributed by atoms with Gasteiger partial charge in [-0.1, -0.05) is 19.8 Å². The van der Waals surface area contributed by atoms with Crippen LogP contribution in [0.4, 0.5) is 10.8 Å². The quantitative estimate of drug-likeness (QED) is 0.848. The van der Waals surface area contributed by atoms with Crippen LogP contribution < -0.4 is 15.8 Å². The molecule has 0 bridgehead atoms. The molecule has 1 aliphatic carbocycles. The van der Waals surface area contributed by atoms with Crippen LogP contribution in [0.3, 0.4) is 0 Å². The van der Waals surface area contributed by atoms with Crippen LogP contribution in [0.5, 0.6) is 5.75 Å². The number of nitrogens with zero attached hydrogens (tertiary/aromatic N) is 1. The Labute approximate surface area is 107 Å². The fourth-order valence-electron chi connectivity index (χ4n) is 2.39. The van der Waals surface area contributed by atoms with E-state index in [9.17, 15) is 0 Å². The van der Waals surface area contributed by atoms with Crippen molar-refractivity contribution in [3.05, 3.63) is 0 Å². The van der Waals surface area contributed by atoms with E-state index in [1.165, 1.54) is 37.2 Å². The van der Waals surface area contributed by atoms with Crippen LogP contribution in [-0.4, -0.2) is 17.5 Å². The Morgan fingerprint density at radius 2 is 2.18 bits per heavy atom. The third-order valence-corrected chi connectivity index (χ3v) is 4.25. The smallest absolute Gasteiger partial charge is 0.197 e. The molecule has 2 rings (SSSR count). The van der Waals surface area contributed by atoms with E-state index in [1.54, 1.807) is 0 Å². The molecule has 1 saturated carbocycles. The highest BCUT2D eigenvalue weighted by atomic mass is 32.1. The van der Waals surface area contributed by atoms with E-state index >= 15 is 0 Å². The number of nitrogens with two attached hydrogens (primary N) is 1. The van der Waals surface area contributed by atoms with Gasteiger partial charge in [0.05, 0.1) is 6.61 Å². The first kappa shape index (κ1) is 12.5. The minimum Gasteiger partial charge on any atom is -0.487 e. The van der Waals surface area contributed by atoms with Crippen molar-refractivity contribution >= 4 is 22.4 Å². The molecular weight excluding hydrogens is 234 g/mol. The molecule has 0 aromatic carbocycles. The van der Waals surface area contributed by atoms with Gasteiger partial charge in [-0.25, -0.2) is 0 Å². The van der Waals surface area contributed by atoms with Crippen LogP contribution in [0, 0.1) is 5.41 Å². The summed E-state index contributed by atoms with van der Waals surface area (Å²) >= 11 is 1.39. The van der Waals surface area contributed by atoms with Crippen molar-refractivity contribution in [2.45, 2.75) is 39.5 Å². The summed E-state index contributed by atoms with van der Waals surface area (Å²) in [6, 6.07) is 0. The van der Waals surface area contributed by atoms with Crippen LogP contribution in [0.25, 0.3) is 0 Å². The molecule has 0 spiro atoms. The molecular formula is C12H21N3OS. The topological polar surface area (TPSA) is 60.2 Å². The third-order valence-electron chi connectivity index (χ3n) is 3.45. The van der Waals surface area contributed by atoms with Gasteiger partial charge in [0.25, 0.3) is 0 Å². The number of ether oxygens (including phenoxy) is 1. The molecule has 1 aromatic rings. The molecule has 1 aliphatic rings. The Balaban J connectivity index is 1.98.